The molecule has 6 nitrogen and oxygen atoms in total. The lowest BCUT2D eigenvalue weighted by atomic mass is 10.2. The molecule has 82 valence electrons. The number of ether oxygens (including phenoxy) is 1. The average Bonchev–Trinajstić information content (AvgIpc) is 2.16. The first-order chi connectivity index (χ1) is 6.61. The fourth-order valence-corrected chi connectivity index (χ4v) is 0.969. The van der Waals surface area contributed by atoms with E-state index < -0.39 is 6.03 Å². The Labute approximate surface area is 83.2 Å². The van der Waals surface area contributed by atoms with Crippen LogP contribution in [0.4, 0.5) is 4.79 Å². The predicted molar refractivity (Wildman–Crippen MR) is 51.7 cm³/mol. The van der Waals surface area contributed by atoms with Crippen LogP contribution in [0, 0.1) is 0 Å². The second-order valence-electron chi connectivity index (χ2n) is 2.73. The third-order valence-corrected chi connectivity index (χ3v) is 1.71. The second-order valence-corrected chi connectivity index (χ2v) is 2.73. The van der Waals surface area contributed by atoms with Crippen molar-refractivity contribution in [2.24, 2.45) is 5.73 Å². The maximum Gasteiger partial charge on any atom is 0.322 e. The van der Waals surface area contributed by atoms with Crippen LogP contribution in [0.5, 0.6) is 0 Å². The number of amides is 2. The summed E-state index contributed by atoms with van der Waals surface area (Å²) >= 11 is 0. The van der Waals surface area contributed by atoms with Gasteiger partial charge < -0.3 is 21.1 Å². The lowest BCUT2D eigenvalue weighted by Crippen LogP contribution is -2.42. The number of carbonyl (C=O) groups is 2. The van der Waals surface area contributed by atoms with Crippen molar-refractivity contribution in [2.75, 3.05) is 20.2 Å². The Hall–Kier alpha value is -1.30. The van der Waals surface area contributed by atoms with Crippen molar-refractivity contribution in [1.82, 2.24) is 10.6 Å². The van der Waals surface area contributed by atoms with Gasteiger partial charge in [-0.2, -0.15) is 0 Å². The van der Waals surface area contributed by atoms with Crippen LogP contribution in [-0.2, 0) is 9.53 Å². The number of nitrogens with one attached hydrogen (secondary N) is 2. The van der Waals surface area contributed by atoms with E-state index in [0.717, 1.165) is 0 Å². The number of hydrogen-bond acceptors (Lipinski definition) is 4. The van der Waals surface area contributed by atoms with Gasteiger partial charge in [0.25, 0.3) is 0 Å². The van der Waals surface area contributed by atoms with Crippen molar-refractivity contribution in [1.29, 1.82) is 0 Å². The Balaban J connectivity index is 3.63. The van der Waals surface area contributed by atoms with Crippen LogP contribution in [-0.4, -0.2) is 38.2 Å². The Bertz CT molecular complexity index is 196. The van der Waals surface area contributed by atoms with Gasteiger partial charge >= 0.3 is 12.0 Å². The Morgan fingerprint density at radius 1 is 1.43 bits per heavy atom. The summed E-state index contributed by atoms with van der Waals surface area (Å²) < 4.78 is 4.57. The lowest BCUT2D eigenvalue weighted by molar-refractivity contribution is -0.143. The molecule has 0 aromatic carbocycles. The highest BCUT2D eigenvalue weighted by molar-refractivity contribution is 5.75. The van der Waals surface area contributed by atoms with E-state index in [1.54, 1.807) is 0 Å². The Kier molecular flexibility index (Phi) is 6.47. The van der Waals surface area contributed by atoms with Crippen molar-refractivity contribution < 1.29 is 14.3 Å². The Morgan fingerprint density at radius 2 is 2.07 bits per heavy atom. The van der Waals surface area contributed by atoms with Crippen LogP contribution in [0.15, 0.2) is 0 Å². The molecule has 0 saturated carbocycles. The van der Waals surface area contributed by atoms with Gasteiger partial charge in [-0.15, -0.1) is 0 Å². The van der Waals surface area contributed by atoms with Gasteiger partial charge in [-0.05, 0) is 6.42 Å². The van der Waals surface area contributed by atoms with E-state index in [0.29, 0.717) is 19.5 Å². The summed E-state index contributed by atoms with van der Waals surface area (Å²) in [6.07, 6.45) is 0.642. The molecule has 14 heavy (non-hydrogen) atoms. The number of urea groups is 1. The summed E-state index contributed by atoms with van der Waals surface area (Å²) in [5.74, 6) is -0.299. The van der Waals surface area contributed by atoms with Gasteiger partial charge in [0.05, 0.1) is 7.11 Å². The number of hydrogen-bond donors (Lipinski definition) is 3. The van der Waals surface area contributed by atoms with Gasteiger partial charge in [0.1, 0.15) is 6.04 Å². The topological polar surface area (TPSA) is 93.5 Å². The van der Waals surface area contributed by atoms with E-state index >= 15 is 0 Å². The number of primary amides is 1. The highest BCUT2D eigenvalue weighted by Gasteiger charge is 2.14. The van der Waals surface area contributed by atoms with Crippen LogP contribution >= 0.6 is 0 Å². The molecule has 1 atom stereocenters. The molecule has 0 aromatic rings. The van der Waals surface area contributed by atoms with Gasteiger partial charge in [0.2, 0.25) is 0 Å². The summed E-state index contributed by atoms with van der Waals surface area (Å²) in [5, 5.41) is 5.34. The fourth-order valence-electron chi connectivity index (χ4n) is 0.969. The molecular formula is C8H17N3O3. The minimum Gasteiger partial charge on any atom is -0.468 e. The molecule has 0 aliphatic rings. The normalized spacial score (nSPS) is 11.9. The van der Waals surface area contributed by atoms with Crippen molar-refractivity contribution in [3.8, 4) is 0 Å². The first-order valence-corrected chi connectivity index (χ1v) is 4.46. The highest BCUT2D eigenvalue weighted by Crippen LogP contribution is 1.92. The Morgan fingerprint density at radius 3 is 2.50 bits per heavy atom. The molecule has 2 amide bonds. The average molecular weight is 203 g/mol. The van der Waals surface area contributed by atoms with Crippen LogP contribution in [0.2, 0.25) is 0 Å². The molecule has 0 rings (SSSR count). The van der Waals surface area contributed by atoms with E-state index in [9.17, 15) is 9.59 Å². The molecule has 0 radical (unpaired) electrons. The SMILES string of the molecule is CCC(NCCNC(N)=O)C(=O)OC. The molecule has 0 aliphatic heterocycles. The number of rotatable bonds is 6. The van der Waals surface area contributed by atoms with Crippen LogP contribution in [0.3, 0.4) is 0 Å². The van der Waals surface area contributed by atoms with E-state index in [2.05, 4.69) is 15.4 Å². The first kappa shape index (κ1) is 12.7. The number of carbonyl (C=O) groups excluding carboxylic acids is 2. The van der Waals surface area contributed by atoms with E-state index in [4.69, 9.17) is 5.73 Å². The summed E-state index contributed by atoms with van der Waals surface area (Å²) in [6.45, 7) is 2.75. The van der Waals surface area contributed by atoms with Crippen molar-refractivity contribution in [3.63, 3.8) is 0 Å². The van der Waals surface area contributed by atoms with Crippen molar-refractivity contribution in [3.05, 3.63) is 0 Å². The summed E-state index contributed by atoms with van der Waals surface area (Å²) in [5.41, 5.74) is 4.86. The van der Waals surface area contributed by atoms with E-state index in [1.807, 2.05) is 6.92 Å². The second kappa shape index (κ2) is 7.14. The molecule has 4 N–H and O–H groups in total. The first-order valence-electron chi connectivity index (χ1n) is 4.46. The molecule has 6 heteroatoms. The maximum absolute atomic E-state index is 11.1. The van der Waals surface area contributed by atoms with Gasteiger partial charge in [-0.25, -0.2) is 4.79 Å². The van der Waals surface area contributed by atoms with Crippen LogP contribution in [0.25, 0.3) is 0 Å². The minimum atomic E-state index is -0.571. The molecule has 1 unspecified atom stereocenters. The van der Waals surface area contributed by atoms with Crippen molar-refractivity contribution >= 4 is 12.0 Å². The quantitative estimate of drug-likeness (QED) is 0.389. The zero-order valence-electron chi connectivity index (χ0n) is 8.50. The molecule has 0 fully saturated rings. The largest absolute Gasteiger partial charge is 0.468 e. The lowest BCUT2D eigenvalue weighted by Gasteiger charge is -2.13. The van der Waals surface area contributed by atoms with Gasteiger partial charge in [-0.3, -0.25) is 4.79 Å². The van der Waals surface area contributed by atoms with Crippen molar-refractivity contribution in [2.45, 2.75) is 19.4 Å². The smallest absolute Gasteiger partial charge is 0.322 e. The highest BCUT2D eigenvalue weighted by atomic mass is 16.5. The zero-order chi connectivity index (χ0) is 11.0. The fraction of sp³-hybridized carbons (Fsp3) is 0.750. The standard InChI is InChI=1S/C8H17N3O3/c1-3-6(7(12)14-2)10-4-5-11-8(9)13/h6,10H,3-5H2,1-2H3,(H3,9,11,13). The van der Waals surface area contributed by atoms with Gasteiger partial charge in [-0.1, -0.05) is 6.92 Å². The molecule has 0 aliphatic carbocycles. The molecule has 0 heterocycles. The summed E-state index contributed by atoms with van der Waals surface area (Å²) in [4.78, 5) is 21.4. The van der Waals surface area contributed by atoms with E-state index in [-0.39, 0.29) is 12.0 Å². The van der Waals surface area contributed by atoms with Crippen LogP contribution < -0.4 is 16.4 Å². The molecule has 0 aromatic heterocycles. The molecule has 0 bridgehead atoms. The van der Waals surface area contributed by atoms with Crippen LogP contribution in [0.1, 0.15) is 13.3 Å². The third-order valence-electron chi connectivity index (χ3n) is 1.71. The number of methoxy groups -OCH3 is 1. The maximum atomic E-state index is 11.1. The summed E-state index contributed by atoms with van der Waals surface area (Å²) in [6, 6.07) is -0.896. The summed E-state index contributed by atoms with van der Waals surface area (Å²) in [7, 11) is 1.34. The number of nitrogens with two attached hydrogens (primary N) is 1. The molecule has 0 spiro atoms. The third kappa shape index (κ3) is 5.36. The zero-order valence-corrected chi connectivity index (χ0v) is 8.50. The van der Waals surface area contributed by atoms with Gasteiger partial charge in [0, 0.05) is 13.1 Å². The number of esters is 1. The minimum absolute atomic E-state index is 0.299. The molecule has 0 saturated heterocycles. The molecular weight excluding hydrogens is 186 g/mol. The van der Waals surface area contributed by atoms with Gasteiger partial charge in [0.15, 0.2) is 0 Å². The predicted octanol–water partition coefficient (Wildman–Crippen LogP) is -0.804. The monoisotopic (exact) mass is 203 g/mol. The van der Waals surface area contributed by atoms with E-state index in [1.165, 1.54) is 7.11 Å².